The molecule has 1 fully saturated rings. The first-order valence-corrected chi connectivity index (χ1v) is 8.34. The van der Waals surface area contributed by atoms with Gasteiger partial charge in [0.1, 0.15) is 0 Å². The molecule has 0 aromatic rings. The van der Waals surface area contributed by atoms with Crippen LogP contribution < -0.4 is 5.73 Å². The Morgan fingerprint density at radius 1 is 1.05 bits per heavy atom. The van der Waals surface area contributed by atoms with Crippen molar-refractivity contribution in [2.24, 2.45) is 17.1 Å². The Balaban J connectivity index is 2.72. The number of nitrogens with zero attached hydrogens (tertiary/aromatic N) is 1. The molecule has 0 unspecified atom stereocenters. The third-order valence-corrected chi connectivity index (χ3v) is 5.18. The lowest BCUT2D eigenvalue weighted by atomic mass is 9.66. The van der Waals surface area contributed by atoms with Gasteiger partial charge in [-0.2, -0.15) is 0 Å². The van der Waals surface area contributed by atoms with Gasteiger partial charge in [-0.3, -0.25) is 4.90 Å². The SMILES string of the molecule is CCCN(CCC)C1(CN)CCC(C(C)(C)C)CC1. The molecular formula is C17H36N2. The van der Waals surface area contributed by atoms with Gasteiger partial charge in [0.05, 0.1) is 0 Å². The molecule has 0 heterocycles. The quantitative estimate of drug-likeness (QED) is 0.787. The highest BCUT2D eigenvalue weighted by molar-refractivity contribution is 4.97. The van der Waals surface area contributed by atoms with Gasteiger partial charge in [0, 0.05) is 12.1 Å². The molecule has 1 rings (SSSR count). The zero-order valence-electron chi connectivity index (χ0n) is 14.0. The first-order chi connectivity index (χ1) is 8.89. The number of rotatable bonds is 6. The lowest BCUT2D eigenvalue weighted by Crippen LogP contribution is -2.56. The molecule has 0 aliphatic heterocycles. The van der Waals surface area contributed by atoms with Crippen molar-refractivity contribution in [3.8, 4) is 0 Å². The molecule has 1 saturated carbocycles. The van der Waals surface area contributed by atoms with Crippen molar-refractivity contribution in [1.29, 1.82) is 0 Å². The summed E-state index contributed by atoms with van der Waals surface area (Å²) in [4.78, 5) is 2.70. The third-order valence-electron chi connectivity index (χ3n) is 5.18. The molecule has 0 atom stereocenters. The van der Waals surface area contributed by atoms with Crippen LogP contribution in [0.3, 0.4) is 0 Å². The smallest absolute Gasteiger partial charge is 0.0331 e. The fourth-order valence-electron chi connectivity index (χ4n) is 3.80. The molecule has 0 amide bonds. The summed E-state index contributed by atoms with van der Waals surface area (Å²) in [6.45, 7) is 15.0. The standard InChI is InChI=1S/C17H36N2/c1-6-12-19(13-7-2)17(14-18)10-8-15(9-11-17)16(3,4)5/h15H,6-14,18H2,1-5H3. The molecule has 2 nitrogen and oxygen atoms in total. The monoisotopic (exact) mass is 268 g/mol. The normalized spacial score (nSPS) is 28.9. The second-order valence-electron chi connectivity index (χ2n) is 7.56. The van der Waals surface area contributed by atoms with Crippen molar-refractivity contribution in [3.63, 3.8) is 0 Å². The molecule has 1 aliphatic carbocycles. The van der Waals surface area contributed by atoms with Crippen molar-refractivity contribution in [2.75, 3.05) is 19.6 Å². The van der Waals surface area contributed by atoms with Crippen LogP contribution in [0.2, 0.25) is 0 Å². The van der Waals surface area contributed by atoms with Crippen molar-refractivity contribution >= 4 is 0 Å². The molecule has 1 aliphatic rings. The maximum Gasteiger partial charge on any atom is 0.0331 e. The molecule has 2 N–H and O–H groups in total. The highest BCUT2D eigenvalue weighted by Crippen LogP contribution is 2.43. The minimum atomic E-state index is 0.299. The number of hydrogen-bond donors (Lipinski definition) is 1. The van der Waals surface area contributed by atoms with Crippen LogP contribution >= 0.6 is 0 Å². The van der Waals surface area contributed by atoms with Gasteiger partial charge in [-0.25, -0.2) is 0 Å². The van der Waals surface area contributed by atoms with Gasteiger partial charge in [0.25, 0.3) is 0 Å². The molecule has 0 bridgehead atoms. The van der Waals surface area contributed by atoms with E-state index in [0.29, 0.717) is 11.0 Å². The maximum atomic E-state index is 6.21. The first-order valence-electron chi connectivity index (χ1n) is 8.34. The van der Waals surface area contributed by atoms with Gasteiger partial charge in [0.15, 0.2) is 0 Å². The lowest BCUT2D eigenvalue weighted by molar-refractivity contribution is 0.0209. The van der Waals surface area contributed by atoms with Crippen molar-refractivity contribution in [2.45, 2.75) is 78.7 Å². The lowest BCUT2D eigenvalue weighted by Gasteiger charge is -2.50. The Labute approximate surface area is 121 Å². The van der Waals surface area contributed by atoms with Crippen LogP contribution in [0.25, 0.3) is 0 Å². The number of nitrogens with two attached hydrogens (primary N) is 1. The van der Waals surface area contributed by atoms with Gasteiger partial charge < -0.3 is 5.73 Å². The van der Waals surface area contributed by atoms with Gasteiger partial charge in [-0.1, -0.05) is 34.6 Å². The molecular weight excluding hydrogens is 232 g/mol. The van der Waals surface area contributed by atoms with E-state index in [1.807, 2.05) is 0 Å². The van der Waals surface area contributed by atoms with Crippen LogP contribution in [0, 0.1) is 11.3 Å². The Bertz CT molecular complexity index is 240. The fraction of sp³-hybridized carbons (Fsp3) is 1.00. The minimum Gasteiger partial charge on any atom is -0.329 e. The van der Waals surface area contributed by atoms with Crippen LogP contribution in [0.5, 0.6) is 0 Å². The molecule has 2 heteroatoms. The maximum absolute atomic E-state index is 6.21. The van der Waals surface area contributed by atoms with Gasteiger partial charge in [-0.05, 0) is 62.9 Å². The van der Waals surface area contributed by atoms with E-state index in [9.17, 15) is 0 Å². The molecule has 0 aromatic heterocycles. The Morgan fingerprint density at radius 3 is 1.84 bits per heavy atom. The molecule has 0 aromatic carbocycles. The van der Waals surface area contributed by atoms with E-state index in [0.717, 1.165) is 12.5 Å². The number of hydrogen-bond acceptors (Lipinski definition) is 2. The van der Waals surface area contributed by atoms with E-state index in [1.165, 1.54) is 51.6 Å². The average Bonchev–Trinajstić information content (AvgIpc) is 2.37. The summed E-state index contributed by atoms with van der Waals surface area (Å²) in [7, 11) is 0. The summed E-state index contributed by atoms with van der Waals surface area (Å²) in [5.41, 5.74) is 6.97. The van der Waals surface area contributed by atoms with Crippen molar-refractivity contribution in [1.82, 2.24) is 4.90 Å². The zero-order valence-corrected chi connectivity index (χ0v) is 14.0. The van der Waals surface area contributed by atoms with E-state index in [2.05, 4.69) is 39.5 Å². The van der Waals surface area contributed by atoms with E-state index >= 15 is 0 Å². The highest BCUT2D eigenvalue weighted by atomic mass is 15.2. The molecule has 19 heavy (non-hydrogen) atoms. The summed E-state index contributed by atoms with van der Waals surface area (Å²) >= 11 is 0. The Morgan fingerprint density at radius 2 is 1.53 bits per heavy atom. The van der Waals surface area contributed by atoms with Crippen LogP contribution in [0.4, 0.5) is 0 Å². The van der Waals surface area contributed by atoms with Gasteiger partial charge >= 0.3 is 0 Å². The summed E-state index contributed by atoms with van der Waals surface area (Å²) < 4.78 is 0. The first kappa shape index (κ1) is 17.0. The molecule has 114 valence electrons. The van der Waals surface area contributed by atoms with E-state index in [1.54, 1.807) is 0 Å². The van der Waals surface area contributed by atoms with E-state index in [4.69, 9.17) is 5.73 Å². The van der Waals surface area contributed by atoms with Crippen LogP contribution in [0.1, 0.15) is 73.1 Å². The summed E-state index contributed by atoms with van der Waals surface area (Å²) in [6.07, 6.45) is 7.78. The molecule has 0 saturated heterocycles. The Hall–Kier alpha value is -0.0800. The van der Waals surface area contributed by atoms with Gasteiger partial charge in [-0.15, -0.1) is 0 Å². The third kappa shape index (κ3) is 4.19. The predicted molar refractivity (Wildman–Crippen MR) is 85.4 cm³/mol. The largest absolute Gasteiger partial charge is 0.329 e. The summed E-state index contributed by atoms with van der Waals surface area (Å²) in [5.74, 6) is 0.872. The minimum absolute atomic E-state index is 0.299. The molecule has 0 radical (unpaired) electrons. The van der Waals surface area contributed by atoms with Crippen LogP contribution in [-0.4, -0.2) is 30.1 Å². The van der Waals surface area contributed by atoms with Crippen LogP contribution in [-0.2, 0) is 0 Å². The van der Waals surface area contributed by atoms with Crippen molar-refractivity contribution in [3.05, 3.63) is 0 Å². The predicted octanol–water partition coefficient (Wildman–Crippen LogP) is 4.04. The van der Waals surface area contributed by atoms with E-state index < -0.39 is 0 Å². The molecule has 0 spiro atoms. The second kappa shape index (κ2) is 7.08. The van der Waals surface area contributed by atoms with E-state index in [-0.39, 0.29) is 0 Å². The summed E-state index contributed by atoms with van der Waals surface area (Å²) in [5, 5.41) is 0. The topological polar surface area (TPSA) is 29.3 Å². The summed E-state index contributed by atoms with van der Waals surface area (Å²) in [6, 6.07) is 0. The Kier molecular flexibility index (Phi) is 6.32. The second-order valence-corrected chi connectivity index (χ2v) is 7.56. The van der Waals surface area contributed by atoms with Gasteiger partial charge in [0.2, 0.25) is 0 Å². The van der Waals surface area contributed by atoms with Crippen LogP contribution in [0.15, 0.2) is 0 Å². The fourth-order valence-corrected chi connectivity index (χ4v) is 3.80. The van der Waals surface area contributed by atoms with Crippen molar-refractivity contribution < 1.29 is 0 Å². The highest BCUT2D eigenvalue weighted by Gasteiger charge is 2.41. The average molecular weight is 268 g/mol. The zero-order chi connectivity index (χ0) is 14.5.